The molecule has 0 saturated carbocycles. The van der Waals surface area contributed by atoms with E-state index in [2.05, 4.69) is 5.32 Å². The average Bonchev–Trinajstić information content (AvgIpc) is 2.94. The zero-order chi connectivity index (χ0) is 19.2. The molecule has 0 aliphatic carbocycles. The Morgan fingerprint density at radius 2 is 1.96 bits per heavy atom. The fourth-order valence-corrected chi connectivity index (χ4v) is 4.66. The topological polar surface area (TPSA) is 92.8 Å². The summed E-state index contributed by atoms with van der Waals surface area (Å²) < 4.78 is 29.0. The molecule has 0 bridgehead atoms. The van der Waals surface area contributed by atoms with Crippen LogP contribution in [0.2, 0.25) is 0 Å². The highest BCUT2D eigenvalue weighted by atomic mass is 32.2. The maximum absolute atomic E-state index is 12.6. The third kappa shape index (κ3) is 6.01. The molecule has 1 aliphatic heterocycles. The summed E-state index contributed by atoms with van der Waals surface area (Å²) in [7, 11) is -3.05. The predicted molar refractivity (Wildman–Crippen MR) is 99.9 cm³/mol. The zero-order valence-electron chi connectivity index (χ0n) is 15.2. The third-order valence-corrected chi connectivity index (χ3v) is 6.01. The molecule has 0 unspecified atom stereocenters. The van der Waals surface area contributed by atoms with Gasteiger partial charge in [-0.15, -0.1) is 0 Å². The lowest BCUT2D eigenvalue weighted by atomic mass is 10.2. The monoisotopic (exact) mass is 382 g/mol. The number of benzene rings is 1. The van der Waals surface area contributed by atoms with Crippen LogP contribution in [0, 0.1) is 0 Å². The van der Waals surface area contributed by atoms with Crippen LogP contribution < -0.4 is 10.1 Å². The van der Waals surface area contributed by atoms with Gasteiger partial charge in [0.05, 0.1) is 11.5 Å². The van der Waals surface area contributed by atoms with E-state index in [-0.39, 0.29) is 36.0 Å². The van der Waals surface area contributed by atoms with Crippen LogP contribution in [0.15, 0.2) is 24.3 Å². The Labute approximate surface area is 154 Å². The highest BCUT2D eigenvalue weighted by Crippen LogP contribution is 2.20. The Morgan fingerprint density at radius 1 is 1.27 bits per heavy atom. The van der Waals surface area contributed by atoms with Crippen molar-refractivity contribution < 1.29 is 22.7 Å². The van der Waals surface area contributed by atoms with Gasteiger partial charge in [-0.3, -0.25) is 9.59 Å². The Hall–Kier alpha value is -2.09. The number of carbonyl (C=O) groups excluding carboxylic acids is 2. The van der Waals surface area contributed by atoms with E-state index in [9.17, 15) is 18.0 Å². The lowest BCUT2D eigenvalue weighted by Gasteiger charge is -2.28. The predicted octanol–water partition coefficient (Wildman–Crippen LogP) is 1.84. The molecule has 144 valence electrons. The van der Waals surface area contributed by atoms with Gasteiger partial charge in [-0.25, -0.2) is 8.42 Å². The van der Waals surface area contributed by atoms with Crippen molar-refractivity contribution in [1.29, 1.82) is 0 Å². The molecular weight excluding hydrogens is 356 g/mol. The number of sulfone groups is 1. The van der Waals surface area contributed by atoms with Crippen molar-refractivity contribution in [1.82, 2.24) is 4.90 Å². The lowest BCUT2D eigenvalue weighted by molar-refractivity contribution is -0.135. The number of nitrogens with zero attached hydrogens (tertiary/aromatic N) is 1. The second-order valence-electron chi connectivity index (χ2n) is 6.49. The minimum atomic E-state index is -3.05. The molecule has 1 atom stereocenters. The number of hydrogen-bond acceptors (Lipinski definition) is 5. The number of unbranched alkanes of at least 4 members (excludes halogenated alkanes) is 1. The largest absolute Gasteiger partial charge is 0.484 e. The summed E-state index contributed by atoms with van der Waals surface area (Å²) in [5.74, 6) is 0.327. The first-order valence-electron chi connectivity index (χ1n) is 8.81. The van der Waals surface area contributed by atoms with Crippen molar-refractivity contribution in [2.75, 3.05) is 30.0 Å². The minimum absolute atomic E-state index is 0.0356. The molecular formula is C18H26N2O5S. The fraction of sp³-hybridized carbons (Fsp3) is 0.556. The van der Waals surface area contributed by atoms with Gasteiger partial charge in [-0.2, -0.15) is 0 Å². The van der Waals surface area contributed by atoms with Crippen molar-refractivity contribution in [3.63, 3.8) is 0 Å². The van der Waals surface area contributed by atoms with E-state index in [0.29, 0.717) is 24.4 Å². The van der Waals surface area contributed by atoms with Crippen molar-refractivity contribution in [2.45, 2.75) is 39.2 Å². The molecule has 7 nitrogen and oxygen atoms in total. The minimum Gasteiger partial charge on any atom is -0.484 e. The highest BCUT2D eigenvalue weighted by molar-refractivity contribution is 7.91. The fourth-order valence-electron chi connectivity index (χ4n) is 2.93. The number of hydrogen-bond donors (Lipinski definition) is 1. The molecule has 2 amide bonds. The van der Waals surface area contributed by atoms with E-state index in [4.69, 9.17) is 4.74 Å². The van der Waals surface area contributed by atoms with Crippen molar-refractivity contribution >= 4 is 27.3 Å². The maximum Gasteiger partial charge on any atom is 0.260 e. The molecule has 0 radical (unpaired) electrons. The summed E-state index contributed by atoms with van der Waals surface area (Å²) >= 11 is 0. The summed E-state index contributed by atoms with van der Waals surface area (Å²) in [6.07, 6.45) is 2.24. The van der Waals surface area contributed by atoms with E-state index in [1.54, 1.807) is 29.2 Å². The van der Waals surface area contributed by atoms with E-state index in [1.165, 1.54) is 6.92 Å². The first-order valence-corrected chi connectivity index (χ1v) is 10.6. The highest BCUT2D eigenvalue weighted by Gasteiger charge is 2.34. The molecule has 1 aliphatic rings. The van der Waals surface area contributed by atoms with E-state index < -0.39 is 9.84 Å². The standard InChI is InChI=1S/C18H26N2O5S/c1-3-4-10-20(16-9-11-26(23,24)13-16)18(22)12-25-17-7-5-15(6-8-17)19-14(2)21/h5-8,16H,3-4,9-13H2,1-2H3,(H,19,21)/t16-/m1/s1. The van der Waals surface area contributed by atoms with Gasteiger partial charge in [0.25, 0.3) is 5.91 Å². The van der Waals surface area contributed by atoms with E-state index in [0.717, 1.165) is 12.8 Å². The van der Waals surface area contributed by atoms with Gasteiger partial charge in [-0.1, -0.05) is 13.3 Å². The second kappa shape index (κ2) is 9.02. The van der Waals surface area contributed by atoms with Gasteiger partial charge >= 0.3 is 0 Å². The van der Waals surface area contributed by atoms with Gasteiger partial charge in [0.15, 0.2) is 16.4 Å². The summed E-state index contributed by atoms with van der Waals surface area (Å²) in [4.78, 5) is 25.2. The van der Waals surface area contributed by atoms with Gasteiger partial charge in [0.2, 0.25) is 5.91 Å². The molecule has 1 fully saturated rings. The number of nitrogens with one attached hydrogen (secondary N) is 1. The average molecular weight is 382 g/mol. The Morgan fingerprint density at radius 3 is 2.50 bits per heavy atom. The van der Waals surface area contributed by atoms with Crippen molar-refractivity contribution in [2.24, 2.45) is 0 Å². The van der Waals surface area contributed by atoms with E-state index >= 15 is 0 Å². The van der Waals surface area contributed by atoms with Crippen LogP contribution in [0.3, 0.4) is 0 Å². The molecule has 1 saturated heterocycles. The summed E-state index contributed by atoms with van der Waals surface area (Å²) in [5, 5.41) is 2.66. The molecule has 1 N–H and O–H groups in total. The molecule has 8 heteroatoms. The molecule has 0 aromatic heterocycles. The first kappa shape index (κ1) is 20.2. The Kier molecular flexibility index (Phi) is 7.02. The zero-order valence-corrected chi connectivity index (χ0v) is 16.0. The normalized spacial score (nSPS) is 18.3. The first-order chi connectivity index (χ1) is 12.3. The molecule has 2 rings (SSSR count). The van der Waals surface area contributed by atoms with E-state index in [1.807, 2.05) is 6.92 Å². The van der Waals surface area contributed by atoms with Gasteiger partial charge in [0.1, 0.15) is 5.75 Å². The van der Waals surface area contributed by atoms with Gasteiger partial charge in [0, 0.05) is 25.2 Å². The number of rotatable bonds is 8. The van der Waals surface area contributed by atoms with Crippen LogP contribution >= 0.6 is 0 Å². The van der Waals surface area contributed by atoms with Crippen LogP contribution in [0.1, 0.15) is 33.1 Å². The molecule has 26 heavy (non-hydrogen) atoms. The third-order valence-electron chi connectivity index (χ3n) is 4.26. The molecule has 0 spiro atoms. The summed E-state index contributed by atoms with van der Waals surface area (Å²) in [6, 6.07) is 6.48. The molecule has 1 aromatic rings. The number of ether oxygens (including phenoxy) is 1. The van der Waals surface area contributed by atoms with Crippen LogP contribution in [0.25, 0.3) is 0 Å². The molecule has 1 heterocycles. The lowest BCUT2D eigenvalue weighted by Crippen LogP contribution is -2.44. The van der Waals surface area contributed by atoms with Crippen LogP contribution in [0.5, 0.6) is 5.75 Å². The van der Waals surface area contributed by atoms with Crippen LogP contribution in [0.4, 0.5) is 5.69 Å². The van der Waals surface area contributed by atoms with Gasteiger partial charge < -0.3 is 15.0 Å². The number of carbonyl (C=O) groups is 2. The molecule has 1 aromatic carbocycles. The van der Waals surface area contributed by atoms with Crippen LogP contribution in [-0.4, -0.2) is 55.8 Å². The Balaban J connectivity index is 1.95. The second-order valence-corrected chi connectivity index (χ2v) is 8.72. The van der Waals surface area contributed by atoms with Crippen molar-refractivity contribution in [3.8, 4) is 5.75 Å². The maximum atomic E-state index is 12.6. The quantitative estimate of drug-likeness (QED) is 0.741. The number of amides is 2. The summed E-state index contributed by atoms with van der Waals surface area (Å²) in [5.41, 5.74) is 0.650. The number of anilines is 1. The smallest absolute Gasteiger partial charge is 0.260 e. The van der Waals surface area contributed by atoms with Gasteiger partial charge in [-0.05, 0) is 37.1 Å². The SMILES string of the molecule is CCCCN(C(=O)COc1ccc(NC(C)=O)cc1)[C@@H]1CCS(=O)(=O)C1. The van der Waals surface area contributed by atoms with Crippen LogP contribution in [-0.2, 0) is 19.4 Å². The summed E-state index contributed by atoms with van der Waals surface area (Å²) in [6.45, 7) is 3.86. The Bertz CT molecular complexity index is 730. The van der Waals surface area contributed by atoms with Crippen molar-refractivity contribution in [3.05, 3.63) is 24.3 Å².